The van der Waals surface area contributed by atoms with Gasteiger partial charge in [-0.2, -0.15) is 17.4 Å². The van der Waals surface area contributed by atoms with Crippen LogP contribution in [0.25, 0.3) is 0 Å². The maximum Gasteiger partial charge on any atom is 0.279 e. The molecule has 0 radical (unpaired) electrons. The second kappa shape index (κ2) is 8.48. The zero-order chi connectivity index (χ0) is 15.9. The minimum Gasteiger partial charge on any atom is -0.314 e. The highest BCUT2D eigenvalue weighted by molar-refractivity contribution is 7.87. The first-order valence-electron chi connectivity index (χ1n) is 7.31. The maximum atomic E-state index is 12.1. The largest absolute Gasteiger partial charge is 0.314 e. The van der Waals surface area contributed by atoms with Gasteiger partial charge in [-0.3, -0.25) is 0 Å². The Hall–Kier alpha value is -0.950. The van der Waals surface area contributed by atoms with Crippen molar-refractivity contribution < 1.29 is 8.42 Å². The van der Waals surface area contributed by atoms with Crippen LogP contribution in [0.5, 0.6) is 0 Å². The van der Waals surface area contributed by atoms with Gasteiger partial charge in [0.15, 0.2) is 0 Å². The highest BCUT2D eigenvalue weighted by atomic mass is 32.2. The second-order valence-electron chi connectivity index (χ2n) is 5.54. The fraction of sp³-hybridized carbons (Fsp3) is 0.600. The van der Waals surface area contributed by atoms with Crippen LogP contribution in [-0.4, -0.2) is 38.9 Å². The van der Waals surface area contributed by atoms with Crippen LogP contribution in [0.2, 0.25) is 0 Å². The Bertz CT molecular complexity index is 529. The molecule has 6 heteroatoms. The first kappa shape index (κ1) is 18.1. The highest BCUT2D eigenvalue weighted by Gasteiger charge is 2.16. The van der Waals surface area contributed by atoms with Crippen molar-refractivity contribution in [2.45, 2.75) is 39.8 Å². The van der Waals surface area contributed by atoms with Crippen molar-refractivity contribution in [3.8, 4) is 0 Å². The number of aryl methyl sites for hydroxylation is 1. The van der Waals surface area contributed by atoms with E-state index >= 15 is 0 Å². The SMILES string of the molecule is Cc1ccccc1CNS(=O)(=O)N(C)CCCNC(C)C. The van der Waals surface area contributed by atoms with Gasteiger partial charge < -0.3 is 5.32 Å². The van der Waals surface area contributed by atoms with Crippen LogP contribution in [0, 0.1) is 6.92 Å². The number of hydrogen-bond donors (Lipinski definition) is 2. The summed E-state index contributed by atoms with van der Waals surface area (Å²) in [4.78, 5) is 0. The molecule has 0 aliphatic carbocycles. The minimum absolute atomic E-state index is 0.323. The molecular weight excluding hydrogens is 286 g/mol. The summed E-state index contributed by atoms with van der Waals surface area (Å²) >= 11 is 0. The van der Waals surface area contributed by atoms with Crippen molar-refractivity contribution in [2.24, 2.45) is 0 Å². The molecular formula is C15H27N3O2S. The molecule has 0 amide bonds. The molecule has 0 heterocycles. The van der Waals surface area contributed by atoms with Crippen LogP contribution in [0.15, 0.2) is 24.3 Å². The van der Waals surface area contributed by atoms with Gasteiger partial charge in [0.05, 0.1) is 0 Å². The van der Waals surface area contributed by atoms with Crippen molar-refractivity contribution in [2.75, 3.05) is 20.1 Å². The van der Waals surface area contributed by atoms with Crippen LogP contribution >= 0.6 is 0 Å². The Morgan fingerprint density at radius 3 is 2.52 bits per heavy atom. The monoisotopic (exact) mass is 313 g/mol. The van der Waals surface area contributed by atoms with Gasteiger partial charge >= 0.3 is 0 Å². The minimum atomic E-state index is -3.42. The normalized spacial score (nSPS) is 12.3. The van der Waals surface area contributed by atoms with Gasteiger partial charge in [0.25, 0.3) is 10.2 Å². The molecule has 0 saturated heterocycles. The van der Waals surface area contributed by atoms with Gasteiger partial charge in [0, 0.05) is 26.2 Å². The average molecular weight is 313 g/mol. The van der Waals surface area contributed by atoms with E-state index in [1.165, 1.54) is 4.31 Å². The van der Waals surface area contributed by atoms with E-state index in [1.807, 2.05) is 31.2 Å². The third kappa shape index (κ3) is 6.56. The zero-order valence-electron chi connectivity index (χ0n) is 13.4. The molecule has 21 heavy (non-hydrogen) atoms. The summed E-state index contributed by atoms with van der Waals surface area (Å²) in [6, 6.07) is 8.19. The summed E-state index contributed by atoms with van der Waals surface area (Å²) in [5.41, 5.74) is 2.08. The first-order chi connectivity index (χ1) is 9.83. The molecule has 0 spiro atoms. The molecule has 1 aromatic carbocycles. The van der Waals surface area contributed by atoms with Crippen LogP contribution < -0.4 is 10.0 Å². The zero-order valence-corrected chi connectivity index (χ0v) is 14.2. The number of nitrogens with one attached hydrogen (secondary N) is 2. The van der Waals surface area contributed by atoms with E-state index in [4.69, 9.17) is 0 Å². The Morgan fingerprint density at radius 1 is 1.24 bits per heavy atom. The van der Waals surface area contributed by atoms with E-state index in [1.54, 1.807) is 7.05 Å². The summed E-state index contributed by atoms with van der Waals surface area (Å²) < 4.78 is 28.3. The third-order valence-corrected chi connectivity index (χ3v) is 4.83. The molecule has 0 atom stereocenters. The van der Waals surface area contributed by atoms with E-state index in [2.05, 4.69) is 23.9 Å². The molecule has 1 aromatic rings. The Labute approximate surface area is 128 Å². The van der Waals surface area contributed by atoms with Crippen LogP contribution in [0.4, 0.5) is 0 Å². The first-order valence-corrected chi connectivity index (χ1v) is 8.75. The summed E-state index contributed by atoms with van der Waals surface area (Å²) in [5, 5.41) is 3.28. The van der Waals surface area contributed by atoms with Crippen LogP contribution in [0.3, 0.4) is 0 Å². The van der Waals surface area contributed by atoms with Crippen molar-refractivity contribution in [1.29, 1.82) is 0 Å². The lowest BCUT2D eigenvalue weighted by Crippen LogP contribution is -2.39. The van der Waals surface area contributed by atoms with Gasteiger partial charge in [0.1, 0.15) is 0 Å². The van der Waals surface area contributed by atoms with Gasteiger partial charge in [-0.15, -0.1) is 0 Å². The fourth-order valence-electron chi connectivity index (χ4n) is 1.90. The van der Waals surface area contributed by atoms with Gasteiger partial charge in [-0.05, 0) is 31.0 Å². The number of nitrogens with zero attached hydrogens (tertiary/aromatic N) is 1. The van der Waals surface area contributed by atoms with Gasteiger partial charge in [-0.1, -0.05) is 38.1 Å². The number of rotatable bonds is 9. The second-order valence-corrected chi connectivity index (χ2v) is 7.40. The average Bonchev–Trinajstić information content (AvgIpc) is 2.42. The van der Waals surface area contributed by atoms with Crippen molar-refractivity contribution in [3.05, 3.63) is 35.4 Å². The van der Waals surface area contributed by atoms with E-state index < -0.39 is 10.2 Å². The predicted molar refractivity (Wildman–Crippen MR) is 87.3 cm³/mol. The van der Waals surface area contributed by atoms with Crippen LogP contribution in [-0.2, 0) is 16.8 Å². The van der Waals surface area contributed by atoms with Crippen molar-refractivity contribution >= 4 is 10.2 Å². The smallest absolute Gasteiger partial charge is 0.279 e. The summed E-state index contributed by atoms with van der Waals surface area (Å²) in [6.45, 7) is 7.76. The molecule has 0 bridgehead atoms. The lowest BCUT2D eigenvalue weighted by molar-refractivity contribution is 0.439. The van der Waals surface area contributed by atoms with Crippen molar-refractivity contribution in [1.82, 2.24) is 14.3 Å². The predicted octanol–water partition coefficient (Wildman–Crippen LogP) is 1.65. The molecule has 5 nitrogen and oxygen atoms in total. The number of hydrogen-bond acceptors (Lipinski definition) is 3. The lowest BCUT2D eigenvalue weighted by atomic mass is 10.1. The van der Waals surface area contributed by atoms with Crippen molar-refractivity contribution in [3.63, 3.8) is 0 Å². The molecule has 0 unspecified atom stereocenters. The molecule has 0 aliphatic heterocycles. The molecule has 0 aliphatic rings. The molecule has 1 rings (SSSR count). The van der Waals surface area contributed by atoms with E-state index in [-0.39, 0.29) is 0 Å². The Morgan fingerprint density at radius 2 is 1.90 bits per heavy atom. The summed E-state index contributed by atoms with van der Waals surface area (Å²) in [6.07, 6.45) is 0.792. The van der Waals surface area contributed by atoms with E-state index in [0.717, 1.165) is 24.1 Å². The van der Waals surface area contributed by atoms with Gasteiger partial charge in [0.2, 0.25) is 0 Å². The topological polar surface area (TPSA) is 61.4 Å². The standard InChI is InChI=1S/C15H27N3O2S/c1-13(2)16-10-7-11-18(4)21(19,20)17-12-15-9-6-5-8-14(15)3/h5-6,8-9,13,16-17H,7,10-12H2,1-4H3. The Kier molecular flexibility index (Phi) is 7.31. The molecule has 2 N–H and O–H groups in total. The molecule has 0 fully saturated rings. The third-order valence-electron chi connectivity index (χ3n) is 3.32. The quantitative estimate of drug-likeness (QED) is 0.682. The molecule has 120 valence electrons. The van der Waals surface area contributed by atoms with Crippen LogP contribution in [0.1, 0.15) is 31.4 Å². The lowest BCUT2D eigenvalue weighted by Gasteiger charge is -2.18. The number of benzene rings is 1. The molecule has 0 saturated carbocycles. The summed E-state index contributed by atoms with van der Waals surface area (Å²) in [5.74, 6) is 0. The molecule has 0 aromatic heterocycles. The van der Waals surface area contributed by atoms with E-state index in [0.29, 0.717) is 19.1 Å². The Balaban J connectivity index is 2.43. The summed E-state index contributed by atoms with van der Waals surface area (Å²) in [7, 11) is -1.81. The highest BCUT2D eigenvalue weighted by Crippen LogP contribution is 2.07. The van der Waals surface area contributed by atoms with E-state index in [9.17, 15) is 8.42 Å². The maximum absolute atomic E-state index is 12.1. The van der Waals surface area contributed by atoms with Gasteiger partial charge in [-0.25, -0.2) is 0 Å². The fourth-order valence-corrected chi connectivity index (χ4v) is 2.83.